The Kier molecular flexibility index (Phi) is 13.9. The first kappa shape index (κ1) is 25.2. The summed E-state index contributed by atoms with van der Waals surface area (Å²) in [6, 6.07) is -1.89. The molecule has 8 nitrogen and oxygen atoms in total. The minimum Gasteiger partial charge on any atom is -0.370 e. The van der Waals surface area contributed by atoms with E-state index in [9.17, 15) is 4.79 Å². The Morgan fingerprint density at radius 2 is 1.08 bits per heavy atom. The van der Waals surface area contributed by atoms with Gasteiger partial charge in [-0.15, -0.1) is 0 Å². The molecule has 0 aromatic carbocycles. The van der Waals surface area contributed by atoms with Gasteiger partial charge in [-0.05, 0) is 19.3 Å². The maximum atomic E-state index is 10.9. The summed E-state index contributed by atoms with van der Waals surface area (Å²) < 4.78 is 0. The van der Waals surface area contributed by atoms with E-state index in [0.717, 1.165) is 12.8 Å². The lowest BCUT2D eigenvalue weighted by Gasteiger charge is -2.29. The number of amides is 1. The molecule has 0 aliphatic heterocycles. The molecule has 0 aliphatic carbocycles. The average molecular weight is 374 g/mol. The van der Waals surface area contributed by atoms with Crippen molar-refractivity contribution in [2.24, 2.45) is 40.1 Å². The Labute approximate surface area is 158 Å². The SMILES string of the molecule is CCCCCCCCC(N)C(N)CC(N)C(N)CC(N)C(N)CC(N)=O. The fraction of sp³-hybridized carbons (Fsp3) is 0.944. The molecule has 14 N–H and O–H groups in total. The first-order valence-corrected chi connectivity index (χ1v) is 10.0. The van der Waals surface area contributed by atoms with Crippen LogP contribution in [0.3, 0.4) is 0 Å². The summed E-state index contributed by atoms with van der Waals surface area (Å²) in [7, 11) is 0. The zero-order valence-electron chi connectivity index (χ0n) is 16.5. The number of rotatable bonds is 16. The van der Waals surface area contributed by atoms with E-state index in [-0.39, 0.29) is 30.6 Å². The standard InChI is InChI=1S/C18H43N7O/c1-2-3-4-5-6-7-8-12(19)13(20)9-14(21)15(22)10-16(23)17(24)11-18(25)26/h12-17H,2-11,19-24H2,1H3,(H2,25,26). The Morgan fingerprint density at radius 3 is 1.58 bits per heavy atom. The van der Waals surface area contributed by atoms with E-state index in [0.29, 0.717) is 12.8 Å². The highest BCUT2D eigenvalue weighted by molar-refractivity contribution is 5.74. The van der Waals surface area contributed by atoms with E-state index in [1.807, 2.05) is 0 Å². The van der Waals surface area contributed by atoms with Crippen LogP contribution >= 0.6 is 0 Å². The summed E-state index contributed by atoms with van der Waals surface area (Å²) in [6.45, 7) is 2.21. The molecule has 0 fully saturated rings. The molecule has 0 rings (SSSR count). The quantitative estimate of drug-likeness (QED) is 0.174. The molecule has 26 heavy (non-hydrogen) atoms. The maximum absolute atomic E-state index is 10.9. The predicted molar refractivity (Wildman–Crippen MR) is 109 cm³/mol. The minimum absolute atomic E-state index is 0.0335. The molecule has 6 atom stereocenters. The van der Waals surface area contributed by atoms with E-state index >= 15 is 0 Å². The summed E-state index contributed by atoms with van der Waals surface area (Å²) in [4.78, 5) is 10.9. The number of carbonyl (C=O) groups excluding carboxylic acids is 1. The minimum atomic E-state index is -0.519. The van der Waals surface area contributed by atoms with Crippen LogP contribution in [0.1, 0.15) is 71.1 Å². The van der Waals surface area contributed by atoms with E-state index < -0.39 is 18.0 Å². The molecule has 0 heterocycles. The van der Waals surface area contributed by atoms with Crippen molar-refractivity contribution in [3.8, 4) is 0 Å². The lowest BCUT2D eigenvalue weighted by Crippen LogP contribution is -2.54. The topological polar surface area (TPSA) is 199 Å². The summed E-state index contributed by atoms with van der Waals surface area (Å²) in [5.41, 5.74) is 41.7. The maximum Gasteiger partial charge on any atom is 0.219 e. The molecule has 0 spiro atoms. The number of nitrogens with two attached hydrogens (primary N) is 7. The van der Waals surface area contributed by atoms with Gasteiger partial charge in [-0.2, -0.15) is 0 Å². The zero-order valence-corrected chi connectivity index (χ0v) is 16.5. The van der Waals surface area contributed by atoms with Gasteiger partial charge in [0.25, 0.3) is 0 Å². The first-order chi connectivity index (χ1) is 12.2. The summed E-state index contributed by atoms with van der Waals surface area (Å²) in [6.07, 6.45) is 9.25. The Bertz CT molecular complexity index is 369. The van der Waals surface area contributed by atoms with Gasteiger partial charge in [0.15, 0.2) is 0 Å². The van der Waals surface area contributed by atoms with Crippen LogP contribution in [0.4, 0.5) is 0 Å². The van der Waals surface area contributed by atoms with Crippen molar-refractivity contribution in [2.75, 3.05) is 0 Å². The van der Waals surface area contributed by atoms with Crippen molar-refractivity contribution in [2.45, 2.75) is 107 Å². The van der Waals surface area contributed by atoms with Gasteiger partial charge in [0.2, 0.25) is 5.91 Å². The summed E-state index contributed by atoms with van der Waals surface area (Å²) in [5, 5.41) is 0. The third-order valence-corrected chi connectivity index (χ3v) is 5.07. The second-order valence-corrected chi connectivity index (χ2v) is 7.68. The molecule has 0 saturated heterocycles. The Balaban J connectivity index is 4.10. The number of unbranched alkanes of at least 4 members (excludes halogenated alkanes) is 5. The molecule has 0 saturated carbocycles. The molecular weight excluding hydrogens is 330 g/mol. The fourth-order valence-corrected chi connectivity index (χ4v) is 3.09. The summed E-state index contributed by atoms with van der Waals surface area (Å²) >= 11 is 0. The average Bonchev–Trinajstić information content (AvgIpc) is 2.56. The molecule has 0 aromatic rings. The van der Waals surface area contributed by atoms with Gasteiger partial charge in [0.05, 0.1) is 0 Å². The van der Waals surface area contributed by atoms with Gasteiger partial charge in [-0.3, -0.25) is 4.79 Å². The summed E-state index contributed by atoms with van der Waals surface area (Å²) in [5.74, 6) is -0.478. The van der Waals surface area contributed by atoms with E-state index in [1.54, 1.807) is 0 Å². The van der Waals surface area contributed by atoms with Crippen molar-refractivity contribution < 1.29 is 4.79 Å². The van der Waals surface area contributed by atoms with Gasteiger partial charge in [0, 0.05) is 42.7 Å². The molecule has 0 bridgehead atoms. The smallest absolute Gasteiger partial charge is 0.219 e. The van der Waals surface area contributed by atoms with Crippen LogP contribution in [0.2, 0.25) is 0 Å². The fourth-order valence-electron chi connectivity index (χ4n) is 3.09. The first-order valence-electron chi connectivity index (χ1n) is 10.0. The highest BCUT2D eigenvalue weighted by Crippen LogP contribution is 2.12. The van der Waals surface area contributed by atoms with Crippen LogP contribution in [0.5, 0.6) is 0 Å². The van der Waals surface area contributed by atoms with Crippen LogP contribution in [-0.2, 0) is 4.79 Å². The van der Waals surface area contributed by atoms with Gasteiger partial charge in [-0.25, -0.2) is 0 Å². The van der Waals surface area contributed by atoms with Crippen molar-refractivity contribution in [3.05, 3.63) is 0 Å². The largest absolute Gasteiger partial charge is 0.370 e. The van der Waals surface area contributed by atoms with E-state index in [2.05, 4.69) is 6.92 Å². The van der Waals surface area contributed by atoms with E-state index in [4.69, 9.17) is 40.1 Å². The number of primary amides is 1. The normalized spacial score (nSPS) is 18.7. The van der Waals surface area contributed by atoms with Crippen LogP contribution in [0.25, 0.3) is 0 Å². The van der Waals surface area contributed by atoms with E-state index in [1.165, 1.54) is 32.1 Å². The van der Waals surface area contributed by atoms with Crippen molar-refractivity contribution >= 4 is 5.91 Å². The number of hydrogen-bond acceptors (Lipinski definition) is 7. The molecule has 6 unspecified atom stereocenters. The van der Waals surface area contributed by atoms with Crippen LogP contribution in [0.15, 0.2) is 0 Å². The van der Waals surface area contributed by atoms with Crippen LogP contribution in [-0.4, -0.2) is 42.2 Å². The highest BCUT2D eigenvalue weighted by atomic mass is 16.1. The van der Waals surface area contributed by atoms with Gasteiger partial charge in [0.1, 0.15) is 0 Å². The number of hydrogen-bond donors (Lipinski definition) is 7. The molecule has 1 amide bonds. The molecule has 0 radical (unpaired) electrons. The van der Waals surface area contributed by atoms with Gasteiger partial charge in [-0.1, -0.05) is 45.4 Å². The Hall–Kier alpha value is -0.770. The lowest BCUT2D eigenvalue weighted by atomic mass is 9.90. The molecule has 8 heteroatoms. The monoisotopic (exact) mass is 373 g/mol. The molecule has 0 aromatic heterocycles. The van der Waals surface area contributed by atoms with Gasteiger partial charge < -0.3 is 40.1 Å². The second kappa shape index (κ2) is 14.3. The lowest BCUT2D eigenvalue weighted by molar-refractivity contribution is -0.118. The molecule has 0 aliphatic rings. The number of carbonyl (C=O) groups is 1. The third kappa shape index (κ3) is 11.8. The molecular formula is C18H43N7O. The predicted octanol–water partition coefficient (Wildman–Crippen LogP) is -0.644. The van der Waals surface area contributed by atoms with Crippen LogP contribution < -0.4 is 40.1 Å². The second-order valence-electron chi connectivity index (χ2n) is 7.68. The molecule has 156 valence electrons. The van der Waals surface area contributed by atoms with Crippen LogP contribution in [0, 0.1) is 0 Å². The Morgan fingerprint density at radius 1 is 0.654 bits per heavy atom. The third-order valence-electron chi connectivity index (χ3n) is 5.07. The highest BCUT2D eigenvalue weighted by Gasteiger charge is 2.24. The van der Waals surface area contributed by atoms with Crippen molar-refractivity contribution in [1.29, 1.82) is 0 Å². The van der Waals surface area contributed by atoms with Crippen molar-refractivity contribution in [1.82, 2.24) is 0 Å². The van der Waals surface area contributed by atoms with Gasteiger partial charge >= 0.3 is 0 Å². The van der Waals surface area contributed by atoms with Crippen molar-refractivity contribution in [3.63, 3.8) is 0 Å². The zero-order chi connectivity index (χ0) is 20.1.